The van der Waals surface area contributed by atoms with Gasteiger partial charge in [-0.25, -0.2) is 4.98 Å². The molecule has 0 aliphatic heterocycles. The number of benzene rings is 1. The third-order valence-electron chi connectivity index (χ3n) is 3.24. The van der Waals surface area contributed by atoms with Crippen molar-refractivity contribution in [1.29, 1.82) is 0 Å². The standard InChI is InChI=1S/C14H15BrN2O2/c1-2-10(15)13(18)16-9-5-6-12-11(7-9)17-14(19-12)8-3-4-8/h5-8,10H,2-4H2,1H3,(H,16,18). The van der Waals surface area contributed by atoms with E-state index in [9.17, 15) is 4.79 Å². The second-order valence-electron chi connectivity index (χ2n) is 4.87. The van der Waals surface area contributed by atoms with Crippen LogP contribution in [-0.2, 0) is 4.79 Å². The van der Waals surface area contributed by atoms with Gasteiger partial charge in [0.15, 0.2) is 11.5 Å². The Hall–Kier alpha value is -1.36. The minimum atomic E-state index is -0.164. The van der Waals surface area contributed by atoms with Crippen LogP contribution in [0.15, 0.2) is 22.6 Å². The van der Waals surface area contributed by atoms with Gasteiger partial charge < -0.3 is 9.73 Å². The van der Waals surface area contributed by atoms with Crippen molar-refractivity contribution >= 4 is 38.6 Å². The molecule has 0 spiro atoms. The zero-order valence-electron chi connectivity index (χ0n) is 10.6. The highest BCUT2D eigenvalue weighted by atomic mass is 79.9. The molecule has 1 unspecified atom stereocenters. The smallest absolute Gasteiger partial charge is 0.238 e. The fourth-order valence-electron chi connectivity index (χ4n) is 1.93. The van der Waals surface area contributed by atoms with Gasteiger partial charge in [0.2, 0.25) is 5.91 Å². The van der Waals surface area contributed by atoms with Gasteiger partial charge in [-0.05, 0) is 37.5 Å². The lowest BCUT2D eigenvalue weighted by Gasteiger charge is -2.08. The van der Waals surface area contributed by atoms with Crippen LogP contribution in [-0.4, -0.2) is 15.7 Å². The molecule has 0 bridgehead atoms. The maximum absolute atomic E-state index is 11.8. The Morgan fingerprint density at radius 3 is 3.05 bits per heavy atom. The minimum Gasteiger partial charge on any atom is -0.440 e. The quantitative estimate of drug-likeness (QED) is 0.870. The van der Waals surface area contributed by atoms with Gasteiger partial charge in [-0.2, -0.15) is 0 Å². The van der Waals surface area contributed by atoms with Crippen molar-refractivity contribution < 1.29 is 9.21 Å². The van der Waals surface area contributed by atoms with Crippen molar-refractivity contribution in [3.8, 4) is 0 Å². The van der Waals surface area contributed by atoms with E-state index in [4.69, 9.17) is 4.42 Å². The number of aromatic nitrogens is 1. The number of anilines is 1. The molecule has 1 aromatic carbocycles. The lowest BCUT2D eigenvalue weighted by atomic mass is 10.2. The molecule has 1 heterocycles. The van der Waals surface area contributed by atoms with Gasteiger partial charge in [0, 0.05) is 11.6 Å². The number of halogens is 1. The van der Waals surface area contributed by atoms with Gasteiger partial charge in [0.25, 0.3) is 0 Å². The number of nitrogens with one attached hydrogen (secondary N) is 1. The monoisotopic (exact) mass is 322 g/mol. The number of hydrogen-bond donors (Lipinski definition) is 1. The molecule has 1 aliphatic rings. The van der Waals surface area contributed by atoms with Gasteiger partial charge in [0.1, 0.15) is 5.52 Å². The molecule has 0 saturated heterocycles. The predicted molar refractivity (Wildman–Crippen MR) is 77.6 cm³/mol. The van der Waals surface area contributed by atoms with Gasteiger partial charge in [-0.15, -0.1) is 0 Å². The van der Waals surface area contributed by atoms with E-state index in [0.29, 0.717) is 5.92 Å². The summed E-state index contributed by atoms with van der Waals surface area (Å²) in [4.78, 5) is 16.1. The zero-order chi connectivity index (χ0) is 13.4. The van der Waals surface area contributed by atoms with Crippen LogP contribution in [0.1, 0.15) is 38.0 Å². The van der Waals surface area contributed by atoms with Crippen molar-refractivity contribution in [2.24, 2.45) is 0 Å². The van der Waals surface area contributed by atoms with Crippen LogP contribution in [0.25, 0.3) is 11.1 Å². The number of nitrogens with zero attached hydrogens (tertiary/aromatic N) is 1. The third-order valence-corrected chi connectivity index (χ3v) is 4.30. The molecule has 2 aromatic rings. The fourth-order valence-corrected chi connectivity index (χ4v) is 2.05. The van der Waals surface area contributed by atoms with Gasteiger partial charge in [0.05, 0.1) is 4.83 Å². The van der Waals surface area contributed by atoms with Crippen molar-refractivity contribution in [2.75, 3.05) is 5.32 Å². The first-order valence-corrected chi connectivity index (χ1v) is 7.44. The molecule has 1 atom stereocenters. The van der Waals surface area contributed by atoms with Gasteiger partial charge in [-0.1, -0.05) is 22.9 Å². The molecule has 1 aliphatic carbocycles. The van der Waals surface area contributed by atoms with E-state index in [-0.39, 0.29) is 10.7 Å². The summed E-state index contributed by atoms with van der Waals surface area (Å²) in [6.07, 6.45) is 3.08. The van der Waals surface area contributed by atoms with Crippen molar-refractivity contribution in [2.45, 2.75) is 36.9 Å². The zero-order valence-corrected chi connectivity index (χ0v) is 12.2. The molecule has 1 N–H and O–H groups in total. The Labute approximate surface area is 119 Å². The lowest BCUT2D eigenvalue weighted by molar-refractivity contribution is -0.115. The van der Waals surface area contributed by atoms with E-state index in [1.54, 1.807) is 0 Å². The molecular formula is C14H15BrN2O2. The van der Waals surface area contributed by atoms with E-state index >= 15 is 0 Å². The summed E-state index contributed by atoms with van der Waals surface area (Å²) in [7, 11) is 0. The van der Waals surface area contributed by atoms with Crippen molar-refractivity contribution in [3.05, 3.63) is 24.1 Å². The number of oxazole rings is 1. The minimum absolute atomic E-state index is 0.0345. The molecule has 5 heteroatoms. The summed E-state index contributed by atoms with van der Waals surface area (Å²) >= 11 is 3.33. The van der Waals surface area contributed by atoms with E-state index in [0.717, 1.165) is 41.9 Å². The summed E-state index contributed by atoms with van der Waals surface area (Å²) in [5.41, 5.74) is 2.35. The molecule has 3 rings (SSSR count). The van der Waals surface area contributed by atoms with Crippen LogP contribution in [0.3, 0.4) is 0 Å². The Morgan fingerprint density at radius 2 is 2.37 bits per heavy atom. The molecular weight excluding hydrogens is 308 g/mol. The first-order chi connectivity index (χ1) is 9.17. The van der Waals surface area contributed by atoms with Gasteiger partial charge in [-0.3, -0.25) is 4.79 Å². The first-order valence-electron chi connectivity index (χ1n) is 6.53. The average molecular weight is 323 g/mol. The highest BCUT2D eigenvalue weighted by Gasteiger charge is 2.28. The number of hydrogen-bond acceptors (Lipinski definition) is 3. The molecule has 19 heavy (non-hydrogen) atoms. The summed E-state index contributed by atoms with van der Waals surface area (Å²) in [5, 5.41) is 2.87. The maximum Gasteiger partial charge on any atom is 0.238 e. The summed E-state index contributed by atoms with van der Waals surface area (Å²) in [6, 6.07) is 5.56. The van der Waals surface area contributed by atoms with Crippen LogP contribution in [0.5, 0.6) is 0 Å². The summed E-state index contributed by atoms with van der Waals surface area (Å²) < 4.78 is 5.69. The predicted octanol–water partition coefficient (Wildman–Crippen LogP) is 3.82. The molecule has 1 fully saturated rings. The highest BCUT2D eigenvalue weighted by molar-refractivity contribution is 9.10. The average Bonchev–Trinajstić information content (AvgIpc) is 3.17. The van der Waals surface area contributed by atoms with E-state index < -0.39 is 0 Å². The third kappa shape index (κ3) is 2.66. The van der Waals surface area contributed by atoms with Crippen LogP contribution < -0.4 is 5.32 Å². The van der Waals surface area contributed by atoms with E-state index in [1.807, 2.05) is 25.1 Å². The van der Waals surface area contributed by atoms with E-state index in [1.165, 1.54) is 0 Å². The number of carbonyl (C=O) groups is 1. The number of alkyl halides is 1. The number of fused-ring (bicyclic) bond motifs is 1. The van der Waals surface area contributed by atoms with Crippen LogP contribution in [0.2, 0.25) is 0 Å². The normalized spacial score (nSPS) is 16.5. The Balaban J connectivity index is 1.82. The lowest BCUT2D eigenvalue weighted by Crippen LogP contribution is -2.21. The Bertz CT molecular complexity index is 619. The maximum atomic E-state index is 11.8. The number of amides is 1. The van der Waals surface area contributed by atoms with Gasteiger partial charge >= 0.3 is 0 Å². The molecule has 100 valence electrons. The first kappa shape index (κ1) is 12.7. The van der Waals surface area contributed by atoms with Crippen LogP contribution in [0.4, 0.5) is 5.69 Å². The SMILES string of the molecule is CCC(Br)C(=O)Nc1ccc2oc(C3CC3)nc2c1. The number of rotatable bonds is 4. The van der Waals surface area contributed by atoms with Crippen molar-refractivity contribution in [3.63, 3.8) is 0 Å². The highest BCUT2D eigenvalue weighted by Crippen LogP contribution is 2.40. The Kier molecular flexibility index (Phi) is 3.31. The second-order valence-corrected chi connectivity index (χ2v) is 5.98. The fraction of sp³-hybridized carbons (Fsp3) is 0.429. The second kappa shape index (κ2) is 4.96. The van der Waals surface area contributed by atoms with Crippen molar-refractivity contribution in [1.82, 2.24) is 4.98 Å². The topological polar surface area (TPSA) is 55.1 Å². The molecule has 0 radical (unpaired) electrons. The molecule has 1 saturated carbocycles. The molecule has 4 nitrogen and oxygen atoms in total. The molecule has 1 amide bonds. The number of carbonyl (C=O) groups excluding carboxylic acids is 1. The summed E-state index contributed by atoms with van der Waals surface area (Å²) in [5.74, 6) is 1.29. The molecule has 1 aromatic heterocycles. The largest absolute Gasteiger partial charge is 0.440 e. The van der Waals surface area contributed by atoms with Crippen LogP contribution in [0, 0.1) is 0 Å². The van der Waals surface area contributed by atoms with E-state index in [2.05, 4.69) is 26.2 Å². The Morgan fingerprint density at radius 1 is 1.58 bits per heavy atom. The van der Waals surface area contributed by atoms with Crippen LogP contribution >= 0.6 is 15.9 Å². The summed E-state index contributed by atoms with van der Waals surface area (Å²) in [6.45, 7) is 1.96.